The third kappa shape index (κ3) is 6.25. The van der Waals surface area contributed by atoms with Gasteiger partial charge in [0, 0.05) is 4.48 Å². The van der Waals surface area contributed by atoms with Crippen LogP contribution in [-0.4, -0.2) is 96.8 Å². The van der Waals surface area contributed by atoms with Gasteiger partial charge in [0.2, 0.25) is 0 Å². The van der Waals surface area contributed by atoms with Crippen LogP contribution in [0.3, 0.4) is 0 Å². The highest BCUT2D eigenvalue weighted by molar-refractivity contribution is 7.90. The van der Waals surface area contributed by atoms with Crippen LogP contribution in [0.5, 0.6) is 0 Å². The number of quaternary nitrogens is 1. The Hall–Kier alpha value is -2.08. The topological polar surface area (TPSA) is 46.2 Å². The molecule has 0 amide bonds. The maximum absolute atomic E-state index is 13.9. The van der Waals surface area contributed by atoms with Gasteiger partial charge in [0.15, 0.2) is 0 Å². The third-order valence-corrected chi connectivity index (χ3v) is 7.08. The van der Waals surface area contributed by atoms with Crippen molar-refractivity contribution in [2.45, 2.75) is 83.9 Å². The first kappa shape index (κ1) is 52.0. The van der Waals surface area contributed by atoms with Crippen molar-refractivity contribution in [3.63, 3.8) is 0 Å². The fourth-order valence-electron chi connectivity index (χ4n) is 2.92. The summed E-state index contributed by atoms with van der Waals surface area (Å²) in [5.41, 5.74) is 0. The predicted molar refractivity (Wildman–Crippen MR) is 86.0 cm³/mol. The minimum Gasteiger partial charge on any atom is -1.00 e. The number of nitrogens with zero attached hydrogens (tertiary/aromatic N) is 1. The van der Waals surface area contributed by atoms with Gasteiger partial charge in [0.05, 0.1) is 0 Å². The van der Waals surface area contributed by atoms with E-state index in [1.807, 2.05) is 0 Å². The van der Waals surface area contributed by atoms with Crippen molar-refractivity contribution < 1.29 is 166 Å². The van der Waals surface area contributed by atoms with Crippen LogP contribution in [0.25, 0.3) is 0 Å². The van der Waals surface area contributed by atoms with E-state index in [4.69, 9.17) is 0 Å². The molecule has 0 unspecified atom stereocenters. The van der Waals surface area contributed by atoms with Gasteiger partial charge in [0.1, 0.15) is 0 Å². The normalized spacial score (nSPS) is 16.9. The average molecular weight is 905 g/mol. The highest BCUT2D eigenvalue weighted by atomic mass is 35.5. The van der Waals surface area contributed by atoms with E-state index < -0.39 is 103 Å². The second kappa shape index (κ2) is 12.5. The maximum Gasteiger partial charge on any atom is 0.581 e. The summed E-state index contributed by atoms with van der Waals surface area (Å²) in [4.78, 5) is 0. The van der Waals surface area contributed by atoms with E-state index in [1.54, 1.807) is 0 Å². The molecule has 1 N–H and O–H groups in total. The molecule has 0 aromatic carbocycles. The standard InChI is InChI=1S/C14HF32N2O2S.ClH/c15-1(16,3(19,20)5(23,24)8(29,30)31)2(17,18)4(21,22)6(25,26)11(36,37)51(49,50)47-9(32,33)7(27,28)10(34,35)48(12(38,39)40,13(41,42)43)14(44,45)46;/h47H;1H/q+1;/p-1. The maximum atomic E-state index is 13.9. The van der Waals surface area contributed by atoms with Crippen LogP contribution in [0.15, 0.2) is 0 Å². The molecule has 0 aliphatic rings. The van der Waals surface area contributed by atoms with Gasteiger partial charge in [-0.15, -0.1) is 53.0 Å². The largest absolute Gasteiger partial charge is 1.00 e. The first-order valence-corrected chi connectivity index (χ1v) is 11.7. The SMILES string of the molecule is O=S(=O)(NC(F)(F)C(F)(F)C(F)(F)[N+](C(F)(F)F)(C(F)(F)F)C(F)(F)F)C(F)(F)C(F)(F)C(F)(F)C(F)(F)C(F)(F)C(F)(F)C(F)(F)C(F)(F)F.[Cl-]. The Morgan fingerprint density at radius 2 is 0.577 bits per heavy atom. The van der Waals surface area contributed by atoms with Gasteiger partial charge in [-0.3, -0.25) is 0 Å². The molecule has 0 radical (unpaired) electrons. The van der Waals surface area contributed by atoms with Gasteiger partial charge < -0.3 is 12.4 Å². The van der Waals surface area contributed by atoms with E-state index in [-0.39, 0.29) is 12.4 Å². The molecule has 0 aliphatic heterocycles. The van der Waals surface area contributed by atoms with E-state index in [2.05, 4.69) is 0 Å². The summed E-state index contributed by atoms with van der Waals surface area (Å²) in [6.45, 7) is 0. The highest BCUT2D eigenvalue weighted by Gasteiger charge is 3.02. The van der Waals surface area contributed by atoms with Crippen molar-refractivity contribution in [2.24, 2.45) is 0 Å². The van der Waals surface area contributed by atoms with E-state index in [1.165, 1.54) is 0 Å². The Labute approximate surface area is 265 Å². The van der Waals surface area contributed by atoms with Crippen molar-refractivity contribution in [1.82, 2.24) is 4.72 Å². The molecule has 4 nitrogen and oxygen atoms in total. The number of nitrogens with one attached hydrogen (secondary N) is 1. The summed E-state index contributed by atoms with van der Waals surface area (Å²) in [5, 5.41) is -9.40. The van der Waals surface area contributed by atoms with Crippen LogP contribution in [0.2, 0.25) is 0 Å². The lowest BCUT2D eigenvalue weighted by atomic mass is 9.91. The predicted octanol–water partition coefficient (Wildman–Crippen LogP) is 6.07. The zero-order valence-electron chi connectivity index (χ0n) is 21.6. The molecular weight excluding hydrogens is 904 g/mol. The van der Waals surface area contributed by atoms with E-state index in [0.717, 1.165) is 0 Å². The smallest absolute Gasteiger partial charge is 0.581 e. The Kier molecular flexibility index (Phi) is 12.5. The molecular formula is C14HClF32N2O2S. The van der Waals surface area contributed by atoms with E-state index >= 15 is 0 Å². The van der Waals surface area contributed by atoms with Gasteiger partial charge in [-0.2, -0.15) is 92.2 Å². The lowest BCUT2D eigenvalue weighted by molar-refractivity contribution is -1.22. The van der Waals surface area contributed by atoms with Gasteiger partial charge in [-0.25, -0.2) is 8.42 Å². The summed E-state index contributed by atoms with van der Waals surface area (Å²) in [6, 6.07) is -19.0. The number of alkyl halides is 32. The monoisotopic (exact) mass is 904 g/mol. The summed E-state index contributed by atoms with van der Waals surface area (Å²) < 4.78 is 433. The van der Waals surface area contributed by atoms with Crippen molar-refractivity contribution in [3.05, 3.63) is 0 Å². The molecule has 0 aromatic rings. The van der Waals surface area contributed by atoms with Gasteiger partial charge in [-0.05, 0) is 0 Å². The lowest BCUT2D eigenvalue weighted by Crippen LogP contribution is -3.00. The average Bonchev–Trinajstić information content (AvgIpc) is 2.78. The zero-order chi connectivity index (χ0) is 42.7. The summed E-state index contributed by atoms with van der Waals surface area (Å²) in [5.74, 6) is -66.5. The Morgan fingerprint density at radius 1 is 0.346 bits per heavy atom. The molecule has 0 aliphatic carbocycles. The van der Waals surface area contributed by atoms with Crippen LogP contribution in [0, 0.1) is 0 Å². The van der Waals surface area contributed by atoms with Crippen molar-refractivity contribution in [2.75, 3.05) is 0 Å². The van der Waals surface area contributed by atoms with Crippen LogP contribution >= 0.6 is 0 Å². The van der Waals surface area contributed by atoms with Crippen LogP contribution < -0.4 is 17.1 Å². The van der Waals surface area contributed by atoms with Crippen LogP contribution in [-0.2, 0) is 10.0 Å². The number of hydrogen-bond donors (Lipinski definition) is 1. The molecule has 0 saturated carbocycles. The molecule has 0 aromatic heterocycles. The van der Waals surface area contributed by atoms with Gasteiger partial charge >= 0.3 is 83.9 Å². The zero-order valence-corrected chi connectivity index (χ0v) is 23.2. The first-order valence-electron chi connectivity index (χ1n) is 10.2. The third-order valence-electron chi connectivity index (χ3n) is 5.63. The van der Waals surface area contributed by atoms with E-state index in [9.17, 15) is 149 Å². The highest BCUT2D eigenvalue weighted by Crippen LogP contribution is 2.66. The second-order valence-corrected chi connectivity index (χ2v) is 10.6. The first-order chi connectivity index (χ1) is 21.2. The Morgan fingerprint density at radius 3 is 0.808 bits per heavy atom. The summed E-state index contributed by atoms with van der Waals surface area (Å²) in [7, 11) is -9.97. The molecule has 52 heavy (non-hydrogen) atoms. The second-order valence-electron chi connectivity index (χ2n) is 8.83. The quantitative estimate of drug-likeness (QED) is 0.147. The van der Waals surface area contributed by atoms with Gasteiger partial charge in [-0.1, -0.05) is 0 Å². The lowest BCUT2D eigenvalue weighted by Gasteiger charge is -2.46. The number of sulfonamides is 1. The fraction of sp³-hybridized carbons (Fsp3) is 1.00. The molecule has 316 valence electrons. The van der Waals surface area contributed by atoms with E-state index in [0.29, 0.717) is 0 Å². The number of halogens is 33. The summed E-state index contributed by atoms with van der Waals surface area (Å²) in [6.07, 6.45) is -35.8. The molecule has 0 fully saturated rings. The van der Waals surface area contributed by atoms with Crippen molar-refractivity contribution in [3.8, 4) is 0 Å². The minimum atomic E-state index is -9.97. The molecule has 0 atom stereocenters. The van der Waals surface area contributed by atoms with Crippen molar-refractivity contribution in [1.29, 1.82) is 0 Å². The fourth-order valence-corrected chi connectivity index (χ4v) is 3.98. The van der Waals surface area contributed by atoms with Crippen molar-refractivity contribution >= 4 is 10.0 Å². The molecule has 38 heteroatoms. The number of rotatable bonds is 12. The van der Waals surface area contributed by atoms with Crippen LogP contribution in [0.1, 0.15) is 0 Å². The molecule has 0 spiro atoms. The molecule has 0 rings (SSSR count). The summed E-state index contributed by atoms with van der Waals surface area (Å²) >= 11 is 0. The number of hydrogen-bond acceptors (Lipinski definition) is 2. The molecule has 0 saturated heterocycles. The Bertz CT molecular complexity index is 1360. The van der Waals surface area contributed by atoms with Crippen LogP contribution in [0.4, 0.5) is 140 Å². The minimum absolute atomic E-state index is 0. The van der Waals surface area contributed by atoms with Gasteiger partial charge in [0.25, 0.3) is 10.0 Å². The Balaban J connectivity index is 0. The molecule has 0 bridgehead atoms. The molecule has 0 heterocycles.